The molecule has 0 aromatic heterocycles. The largest absolute Gasteiger partial charge is 0.508 e. The average Bonchev–Trinajstić information content (AvgIpc) is 2.94. The maximum Gasteiger partial charge on any atom is 0.243 e. The molecule has 0 saturated carbocycles. The zero-order chi connectivity index (χ0) is 28.6. The highest BCUT2D eigenvalue weighted by atomic mass is 16.3. The van der Waals surface area contributed by atoms with Gasteiger partial charge in [-0.25, -0.2) is 0 Å². The van der Waals surface area contributed by atoms with Gasteiger partial charge in [0, 0.05) is 18.9 Å². The molecule has 3 amide bonds. The molecular formula is C29H40N6O5. The van der Waals surface area contributed by atoms with E-state index in [0.29, 0.717) is 36.9 Å². The molecule has 40 heavy (non-hydrogen) atoms. The first-order chi connectivity index (χ1) is 19.2. The molecule has 10 N–H and O–H groups in total. The molecule has 2 aliphatic rings. The van der Waals surface area contributed by atoms with Gasteiger partial charge in [-0.2, -0.15) is 0 Å². The summed E-state index contributed by atoms with van der Waals surface area (Å²) in [6.45, 7) is 2.01. The third kappa shape index (κ3) is 7.50. The number of benzene rings is 2. The molecule has 0 radical (unpaired) electrons. The third-order valence-electron chi connectivity index (χ3n) is 7.59. The van der Waals surface area contributed by atoms with Crippen molar-refractivity contribution in [3.05, 3.63) is 47.5 Å². The summed E-state index contributed by atoms with van der Waals surface area (Å²) in [4.78, 5) is 40.1. The highest BCUT2D eigenvalue weighted by Gasteiger charge is 2.30. The molecule has 216 valence electrons. The molecule has 2 unspecified atom stereocenters. The minimum Gasteiger partial charge on any atom is -0.508 e. The third-order valence-corrected chi connectivity index (χ3v) is 7.59. The normalized spacial score (nSPS) is 22.4. The summed E-state index contributed by atoms with van der Waals surface area (Å²) in [6.07, 6.45) is 3.18. The van der Waals surface area contributed by atoms with Gasteiger partial charge in [0.2, 0.25) is 17.7 Å². The average molecular weight is 553 g/mol. The summed E-state index contributed by atoms with van der Waals surface area (Å²) in [5.41, 5.74) is 14.3. The molecule has 0 spiro atoms. The van der Waals surface area contributed by atoms with E-state index in [9.17, 15) is 24.6 Å². The standard InChI is InChI=1S/C29H40N6O5/c30-10-2-1-3-23-28(39)35-24(29(40)33-21-8-11-32-12-9-21)16-20-14-18(5-7-26(20)37)17-4-6-25(36)19(13-17)15-22(31)27(38)34-23/h4-7,13-14,21-24,32,36-37H,1-3,8-12,15-16,30-31H2,(H,33,40)(H,34,38)(H,35,39)/t22?,23-,24?/m0/s1. The molecule has 2 heterocycles. The Labute approximate surface area is 234 Å². The molecule has 11 heteroatoms. The molecule has 0 aliphatic carbocycles. The molecule has 2 aromatic carbocycles. The van der Waals surface area contributed by atoms with Gasteiger partial charge in [-0.05, 0) is 98.3 Å². The number of piperidine rings is 1. The number of aromatic hydroxyl groups is 2. The molecule has 11 nitrogen and oxygen atoms in total. The van der Waals surface area contributed by atoms with Crippen LogP contribution in [0.4, 0.5) is 0 Å². The minimum absolute atomic E-state index is 0.00204. The summed E-state index contributed by atoms with van der Waals surface area (Å²) in [7, 11) is 0. The monoisotopic (exact) mass is 552 g/mol. The topological polar surface area (TPSA) is 192 Å². The Morgan fingerprint density at radius 2 is 1.52 bits per heavy atom. The van der Waals surface area contributed by atoms with E-state index < -0.39 is 29.9 Å². The predicted octanol–water partition coefficient (Wildman–Crippen LogP) is 0.158. The molecule has 2 aromatic rings. The zero-order valence-electron chi connectivity index (χ0n) is 22.6. The zero-order valence-corrected chi connectivity index (χ0v) is 22.6. The molecule has 1 saturated heterocycles. The molecule has 1 fully saturated rings. The van der Waals surface area contributed by atoms with Crippen molar-refractivity contribution in [3.8, 4) is 22.6 Å². The van der Waals surface area contributed by atoms with Crippen LogP contribution in [0, 0.1) is 0 Å². The van der Waals surface area contributed by atoms with Crippen molar-refractivity contribution in [1.29, 1.82) is 0 Å². The van der Waals surface area contributed by atoms with Crippen LogP contribution in [0.2, 0.25) is 0 Å². The smallest absolute Gasteiger partial charge is 0.243 e. The Morgan fingerprint density at radius 3 is 2.15 bits per heavy atom. The van der Waals surface area contributed by atoms with E-state index in [-0.39, 0.29) is 36.3 Å². The summed E-state index contributed by atoms with van der Waals surface area (Å²) in [5, 5.41) is 33.1. The summed E-state index contributed by atoms with van der Waals surface area (Å²) in [5.74, 6) is -1.42. The van der Waals surface area contributed by atoms with Crippen LogP contribution < -0.4 is 32.7 Å². The van der Waals surface area contributed by atoms with Gasteiger partial charge < -0.3 is 42.9 Å². The maximum atomic E-state index is 13.5. The molecule has 4 rings (SSSR count). The number of hydrogen-bond acceptors (Lipinski definition) is 8. The van der Waals surface area contributed by atoms with Crippen LogP contribution in [0.3, 0.4) is 0 Å². The van der Waals surface area contributed by atoms with Crippen LogP contribution in [0.1, 0.15) is 43.2 Å². The first kappa shape index (κ1) is 29.3. The summed E-state index contributed by atoms with van der Waals surface area (Å²) < 4.78 is 0. The van der Waals surface area contributed by atoms with E-state index in [1.165, 1.54) is 6.07 Å². The number of phenolic OH excluding ortho intramolecular Hbond substituents is 2. The van der Waals surface area contributed by atoms with Gasteiger partial charge >= 0.3 is 0 Å². The summed E-state index contributed by atoms with van der Waals surface area (Å²) >= 11 is 0. The van der Waals surface area contributed by atoms with E-state index in [4.69, 9.17) is 11.5 Å². The van der Waals surface area contributed by atoms with Gasteiger partial charge in [-0.1, -0.05) is 12.1 Å². The number of carbonyl (C=O) groups is 3. The van der Waals surface area contributed by atoms with Crippen molar-refractivity contribution in [3.63, 3.8) is 0 Å². The summed E-state index contributed by atoms with van der Waals surface area (Å²) in [6, 6.07) is 7.08. The lowest BCUT2D eigenvalue weighted by molar-refractivity contribution is -0.132. The van der Waals surface area contributed by atoms with E-state index in [1.54, 1.807) is 30.3 Å². The van der Waals surface area contributed by atoms with Crippen LogP contribution >= 0.6 is 0 Å². The second kappa shape index (κ2) is 13.6. The quantitative estimate of drug-likeness (QED) is 0.232. The van der Waals surface area contributed by atoms with Crippen LogP contribution in [0.25, 0.3) is 11.1 Å². The van der Waals surface area contributed by atoms with E-state index in [1.807, 2.05) is 0 Å². The van der Waals surface area contributed by atoms with Gasteiger partial charge in [-0.3, -0.25) is 14.4 Å². The first-order valence-corrected chi connectivity index (χ1v) is 14.0. The molecule has 3 atom stereocenters. The fraction of sp³-hybridized carbons (Fsp3) is 0.483. The van der Waals surface area contributed by atoms with E-state index in [0.717, 1.165) is 37.1 Å². The lowest BCUT2D eigenvalue weighted by atomic mass is 9.95. The number of phenols is 2. The lowest BCUT2D eigenvalue weighted by Gasteiger charge is -2.28. The SMILES string of the molecule is NCCCC[C@@H]1NC(=O)C(N)Cc2cc(ccc2O)-c2ccc(O)c(c2)CC(C(=O)NC2CCNCC2)NC1=O. The molecule has 2 aliphatic heterocycles. The number of hydrogen-bond donors (Lipinski definition) is 8. The van der Waals surface area contributed by atoms with Gasteiger partial charge in [0.25, 0.3) is 0 Å². The van der Waals surface area contributed by atoms with Crippen molar-refractivity contribution in [2.75, 3.05) is 19.6 Å². The predicted molar refractivity (Wildman–Crippen MR) is 151 cm³/mol. The van der Waals surface area contributed by atoms with Crippen molar-refractivity contribution >= 4 is 17.7 Å². The van der Waals surface area contributed by atoms with E-state index in [2.05, 4.69) is 21.3 Å². The number of rotatable bonds is 6. The van der Waals surface area contributed by atoms with E-state index >= 15 is 0 Å². The maximum absolute atomic E-state index is 13.5. The second-order valence-electron chi connectivity index (χ2n) is 10.6. The number of nitrogens with one attached hydrogen (secondary N) is 4. The molecular weight excluding hydrogens is 512 g/mol. The number of amides is 3. The highest BCUT2D eigenvalue weighted by Crippen LogP contribution is 2.31. The number of carbonyl (C=O) groups excluding carboxylic acids is 3. The Bertz CT molecular complexity index is 1220. The Kier molecular flexibility index (Phi) is 9.97. The lowest BCUT2D eigenvalue weighted by Crippen LogP contribution is -2.57. The van der Waals surface area contributed by atoms with Crippen molar-refractivity contribution in [2.45, 2.75) is 69.1 Å². The van der Waals surface area contributed by atoms with Crippen molar-refractivity contribution < 1.29 is 24.6 Å². The molecule has 4 bridgehead atoms. The van der Waals surface area contributed by atoms with Crippen molar-refractivity contribution in [2.24, 2.45) is 11.5 Å². The number of unbranched alkanes of at least 4 members (excludes halogenated alkanes) is 1. The van der Waals surface area contributed by atoms with Crippen LogP contribution in [-0.2, 0) is 27.2 Å². The van der Waals surface area contributed by atoms with Gasteiger partial charge in [0.05, 0.1) is 6.04 Å². The second-order valence-corrected chi connectivity index (χ2v) is 10.6. The van der Waals surface area contributed by atoms with Gasteiger partial charge in [-0.15, -0.1) is 0 Å². The van der Waals surface area contributed by atoms with Gasteiger partial charge in [0.1, 0.15) is 23.6 Å². The van der Waals surface area contributed by atoms with Gasteiger partial charge in [0.15, 0.2) is 0 Å². The Hall–Kier alpha value is -3.67. The number of nitrogens with two attached hydrogens (primary N) is 2. The van der Waals surface area contributed by atoms with Crippen LogP contribution in [0.15, 0.2) is 36.4 Å². The fourth-order valence-corrected chi connectivity index (χ4v) is 5.20. The van der Waals surface area contributed by atoms with Crippen molar-refractivity contribution in [1.82, 2.24) is 21.3 Å². The fourth-order valence-electron chi connectivity index (χ4n) is 5.20. The highest BCUT2D eigenvalue weighted by molar-refractivity contribution is 5.93. The van der Waals surface area contributed by atoms with Crippen LogP contribution in [-0.4, -0.2) is 71.7 Å². The minimum atomic E-state index is -1.02. The first-order valence-electron chi connectivity index (χ1n) is 14.0. The Morgan fingerprint density at radius 1 is 0.900 bits per heavy atom. The van der Waals surface area contributed by atoms with Crippen LogP contribution in [0.5, 0.6) is 11.5 Å². The number of fused-ring (bicyclic) bond motifs is 5. The Balaban J connectivity index is 1.72.